The third kappa shape index (κ3) is 5.39. The predicted octanol–water partition coefficient (Wildman–Crippen LogP) is 5.65. The van der Waals surface area contributed by atoms with Crippen molar-refractivity contribution in [1.29, 1.82) is 0 Å². The molecule has 7 nitrogen and oxygen atoms in total. The Bertz CT molecular complexity index is 1430. The number of aryl methyl sites for hydroxylation is 1. The highest BCUT2D eigenvalue weighted by Gasteiger charge is 2.28. The highest BCUT2D eigenvalue weighted by atomic mass is 35.5. The minimum Gasteiger partial charge on any atom is -0.299 e. The Labute approximate surface area is 211 Å². The van der Waals surface area contributed by atoms with E-state index in [1.165, 1.54) is 41.7 Å². The van der Waals surface area contributed by atoms with E-state index in [9.17, 15) is 13.2 Å². The van der Waals surface area contributed by atoms with Crippen LogP contribution in [0.5, 0.6) is 0 Å². The molecule has 1 aromatic heterocycles. The summed E-state index contributed by atoms with van der Waals surface area (Å²) < 4.78 is 27.9. The molecule has 4 rings (SSSR count). The van der Waals surface area contributed by atoms with Gasteiger partial charge in [-0.2, -0.15) is 0 Å². The summed E-state index contributed by atoms with van der Waals surface area (Å²) in [6, 6.07) is 20.1. The molecular formula is C23H18Cl2N4O3S2. The zero-order chi connectivity index (χ0) is 24.3. The molecule has 0 aliphatic carbocycles. The minimum absolute atomic E-state index is 0.0410. The average Bonchev–Trinajstić information content (AvgIpc) is 3.28. The fraction of sp³-hybridized carbons (Fsp3) is 0.0870. The van der Waals surface area contributed by atoms with Crippen LogP contribution >= 0.6 is 34.5 Å². The van der Waals surface area contributed by atoms with E-state index in [4.69, 9.17) is 23.2 Å². The van der Waals surface area contributed by atoms with Crippen molar-refractivity contribution in [2.45, 2.75) is 11.8 Å². The van der Waals surface area contributed by atoms with Crippen LogP contribution in [0.3, 0.4) is 0 Å². The van der Waals surface area contributed by atoms with Gasteiger partial charge >= 0.3 is 0 Å². The molecule has 0 fully saturated rings. The third-order valence-corrected chi connectivity index (χ3v) is 8.19. The maximum Gasteiger partial charge on any atom is 0.264 e. The number of rotatable bonds is 7. The van der Waals surface area contributed by atoms with E-state index in [1.54, 1.807) is 12.1 Å². The standard InChI is InChI=1S/C23H18Cl2N4O3S2/c1-15-7-10-18(11-8-15)34(31,32)29(17-9-12-19(24)20(25)13-17)14-21(30)26-23-28-27-22(33-23)16-5-3-2-4-6-16/h2-13H,14H2,1H3,(H,26,28,30). The van der Waals surface area contributed by atoms with Crippen LogP contribution < -0.4 is 9.62 Å². The number of hydrogen-bond acceptors (Lipinski definition) is 6. The average molecular weight is 533 g/mol. The first kappa shape index (κ1) is 24.2. The Morgan fingerprint density at radius 2 is 1.68 bits per heavy atom. The van der Waals surface area contributed by atoms with Gasteiger partial charge in [0, 0.05) is 5.56 Å². The predicted molar refractivity (Wildman–Crippen MR) is 136 cm³/mol. The Hall–Kier alpha value is -2.98. The number of anilines is 2. The molecule has 3 aromatic carbocycles. The second-order valence-electron chi connectivity index (χ2n) is 7.25. The summed E-state index contributed by atoms with van der Waals surface area (Å²) in [6.07, 6.45) is 0. The van der Waals surface area contributed by atoms with Crippen molar-refractivity contribution in [2.75, 3.05) is 16.2 Å². The number of aromatic nitrogens is 2. The van der Waals surface area contributed by atoms with Crippen molar-refractivity contribution in [2.24, 2.45) is 0 Å². The fourth-order valence-electron chi connectivity index (χ4n) is 3.05. The summed E-state index contributed by atoms with van der Waals surface area (Å²) in [6.45, 7) is 1.35. The SMILES string of the molecule is Cc1ccc(S(=O)(=O)N(CC(=O)Nc2nnc(-c3ccccc3)s2)c2ccc(Cl)c(Cl)c2)cc1. The largest absolute Gasteiger partial charge is 0.299 e. The number of nitrogens with zero attached hydrogens (tertiary/aromatic N) is 3. The first-order valence-corrected chi connectivity index (χ1v) is 13.0. The van der Waals surface area contributed by atoms with Crippen molar-refractivity contribution in [3.05, 3.63) is 88.4 Å². The smallest absolute Gasteiger partial charge is 0.264 e. The Morgan fingerprint density at radius 3 is 2.35 bits per heavy atom. The maximum absolute atomic E-state index is 13.5. The molecule has 0 spiro atoms. The van der Waals surface area contributed by atoms with E-state index in [0.717, 1.165) is 15.4 Å². The molecule has 0 saturated carbocycles. The first-order chi connectivity index (χ1) is 16.2. The number of amides is 1. The van der Waals surface area contributed by atoms with E-state index in [2.05, 4.69) is 15.5 Å². The molecule has 11 heteroatoms. The number of sulfonamides is 1. The summed E-state index contributed by atoms with van der Waals surface area (Å²) in [4.78, 5) is 12.9. The van der Waals surface area contributed by atoms with Crippen LogP contribution in [-0.4, -0.2) is 31.1 Å². The molecule has 0 atom stereocenters. The van der Waals surface area contributed by atoms with Crippen LogP contribution in [0.2, 0.25) is 10.0 Å². The van der Waals surface area contributed by atoms with Gasteiger partial charge in [0.2, 0.25) is 11.0 Å². The summed E-state index contributed by atoms with van der Waals surface area (Å²) >= 11 is 13.3. The number of carbonyl (C=O) groups excluding carboxylic acids is 1. The maximum atomic E-state index is 13.5. The highest BCUT2D eigenvalue weighted by Crippen LogP contribution is 2.31. The van der Waals surface area contributed by atoms with Crippen molar-refractivity contribution < 1.29 is 13.2 Å². The lowest BCUT2D eigenvalue weighted by Crippen LogP contribution is -2.38. The van der Waals surface area contributed by atoms with Gasteiger partial charge in [0.1, 0.15) is 11.6 Å². The van der Waals surface area contributed by atoms with Crippen LogP contribution in [0.4, 0.5) is 10.8 Å². The monoisotopic (exact) mass is 532 g/mol. The Balaban J connectivity index is 1.62. The van der Waals surface area contributed by atoms with E-state index >= 15 is 0 Å². The molecule has 0 bridgehead atoms. The lowest BCUT2D eigenvalue weighted by molar-refractivity contribution is -0.114. The summed E-state index contributed by atoms with van der Waals surface area (Å²) in [5, 5.41) is 12.0. The van der Waals surface area contributed by atoms with E-state index in [-0.39, 0.29) is 25.8 Å². The van der Waals surface area contributed by atoms with Crippen molar-refractivity contribution in [3.63, 3.8) is 0 Å². The first-order valence-electron chi connectivity index (χ1n) is 9.97. The van der Waals surface area contributed by atoms with Gasteiger partial charge < -0.3 is 0 Å². The molecule has 1 heterocycles. The molecule has 1 N–H and O–H groups in total. The lowest BCUT2D eigenvalue weighted by Gasteiger charge is -2.24. The summed E-state index contributed by atoms with van der Waals surface area (Å²) in [7, 11) is -4.09. The summed E-state index contributed by atoms with van der Waals surface area (Å²) in [5.41, 5.74) is 1.97. The zero-order valence-corrected chi connectivity index (χ0v) is 20.9. The molecule has 34 heavy (non-hydrogen) atoms. The molecule has 1 amide bonds. The van der Waals surface area contributed by atoms with E-state index < -0.39 is 22.5 Å². The van der Waals surface area contributed by atoms with Crippen LogP contribution in [0, 0.1) is 6.92 Å². The highest BCUT2D eigenvalue weighted by molar-refractivity contribution is 7.92. The lowest BCUT2D eigenvalue weighted by atomic mass is 10.2. The second kappa shape index (κ2) is 10.1. The van der Waals surface area contributed by atoms with Crippen molar-refractivity contribution in [3.8, 4) is 10.6 Å². The van der Waals surface area contributed by atoms with Gasteiger partial charge in [-0.1, -0.05) is 82.6 Å². The molecule has 0 saturated heterocycles. The van der Waals surface area contributed by atoms with Crippen LogP contribution in [0.25, 0.3) is 10.6 Å². The van der Waals surface area contributed by atoms with Gasteiger partial charge in [-0.05, 0) is 37.3 Å². The van der Waals surface area contributed by atoms with Crippen LogP contribution in [0.1, 0.15) is 5.56 Å². The molecule has 4 aromatic rings. The number of nitrogens with one attached hydrogen (secondary N) is 1. The normalized spacial score (nSPS) is 11.3. The fourth-order valence-corrected chi connectivity index (χ4v) is 5.52. The number of halogens is 2. The number of carbonyl (C=O) groups is 1. The zero-order valence-electron chi connectivity index (χ0n) is 17.8. The second-order valence-corrected chi connectivity index (χ2v) is 10.9. The Kier molecular flexibility index (Phi) is 7.18. The van der Waals surface area contributed by atoms with Gasteiger partial charge in [0.25, 0.3) is 10.0 Å². The number of benzene rings is 3. The summed E-state index contributed by atoms with van der Waals surface area (Å²) in [5.74, 6) is -0.586. The van der Waals surface area contributed by atoms with Crippen LogP contribution in [-0.2, 0) is 14.8 Å². The van der Waals surface area contributed by atoms with Crippen LogP contribution in [0.15, 0.2) is 77.7 Å². The molecule has 0 radical (unpaired) electrons. The molecular weight excluding hydrogens is 515 g/mol. The molecule has 0 aliphatic rings. The minimum atomic E-state index is -4.09. The van der Waals surface area contributed by atoms with E-state index in [0.29, 0.717) is 5.01 Å². The molecule has 0 aliphatic heterocycles. The Morgan fingerprint density at radius 1 is 0.971 bits per heavy atom. The van der Waals surface area contributed by atoms with Gasteiger partial charge in [-0.15, -0.1) is 10.2 Å². The van der Waals surface area contributed by atoms with Gasteiger partial charge in [0.05, 0.1) is 20.6 Å². The topological polar surface area (TPSA) is 92.3 Å². The van der Waals surface area contributed by atoms with Gasteiger partial charge in [-0.25, -0.2) is 8.42 Å². The quantitative estimate of drug-likeness (QED) is 0.331. The molecule has 0 unspecified atom stereocenters. The van der Waals surface area contributed by atoms with Crippen molar-refractivity contribution in [1.82, 2.24) is 10.2 Å². The third-order valence-electron chi connectivity index (χ3n) is 4.78. The van der Waals surface area contributed by atoms with Gasteiger partial charge in [0.15, 0.2) is 0 Å². The van der Waals surface area contributed by atoms with E-state index in [1.807, 2.05) is 37.3 Å². The molecule has 174 valence electrons. The number of hydrogen-bond donors (Lipinski definition) is 1. The van der Waals surface area contributed by atoms with Crippen molar-refractivity contribution >= 4 is 61.3 Å². The van der Waals surface area contributed by atoms with Gasteiger partial charge in [-0.3, -0.25) is 14.4 Å².